The summed E-state index contributed by atoms with van der Waals surface area (Å²) in [7, 11) is 1.33. The van der Waals surface area contributed by atoms with Gasteiger partial charge < -0.3 is 19.4 Å². The molecule has 2 aromatic heterocycles. The molecule has 3 heterocycles. The molecule has 34 heavy (non-hydrogen) atoms. The number of anilines is 1. The molecule has 1 aliphatic rings. The number of nitrogens with one attached hydrogen (secondary N) is 1. The molecular weight excluding hydrogens is 454 g/mol. The third-order valence-corrected chi connectivity index (χ3v) is 6.97. The van der Waals surface area contributed by atoms with Crippen LogP contribution in [-0.4, -0.2) is 70.2 Å². The Hall–Kier alpha value is -3.11. The van der Waals surface area contributed by atoms with E-state index >= 15 is 0 Å². The smallest absolute Gasteiger partial charge is 0.339 e. The predicted molar refractivity (Wildman–Crippen MR) is 130 cm³/mol. The van der Waals surface area contributed by atoms with Crippen molar-refractivity contribution in [3.05, 3.63) is 52.3 Å². The maximum Gasteiger partial charge on any atom is 0.339 e. The monoisotopic (exact) mass is 483 g/mol. The number of hydrogen-bond acceptors (Lipinski definition) is 8. The van der Waals surface area contributed by atoms with Gasteiger partial charge >= 0.3 is 5.97 Å². The molecule has 1 aromatic carbocycles. The van der Waals surface area contributed by atoms with Crippen molar-refractivity contribution >= 4 is 29.5 Å². The van der Waals surface area contributed by atoms with Crippen LogP contribution in [0.1, 0.15) is 44.6 Å². The lowest BCUT2D eigenvalue weighted by atomic mass is 10.1. The number of carbonyl (C=O) groups excluding carboxylic acids is 2. The Labute approximate surface area is 202 Å². The molecule has 1 fully saturated rings. The molecule has 1 aliphatic heterocycles. The minimum atomic E-state index is -0.465. The Bertz CT molecular complexity index is 1190. The van der Waals surface area contributed by atoms with Crippen molar-refractivity contribution in [2.45, 2.75) is 38.1 Å². The van der Waals surface area contributed by atoms with Crippen LogP contribution in [-0.2, 0) is 9.47 Å². The predicted octanol–water partition coefficient (Wildman–Crippen LogP) is 3.51. The van der Waals surface area contributed by atoms with Gasteiger partial charge in [-0.15, -0.1) is 10.2 Å². The number of aromatic nitrogens is 4. The van der Waals surface area contributed by atoms with Crippen molar-refractivity contribution in [3.8, 4) is 5.69 Å². The average Bonchev–Trinajstić information content (AvgIpc) is 3.39. The van der Waals surface area contributed by atoms with Gasteiger partial charge in [0.1, 0.15) is 0 Å². The molecule has 1 saturated heterocycles. The van der Waals surface area contributed by atoms with Gasteiger partial charge in [-0.05, 0) is 45.4 Å². The van der Waals surface area contributed by atoms with Gasteiger partial charge in [-0.1, -0.05) is 29.5 Å². The molecule has 4 rings (SSSR count). The van der Waals surface area contributed by atoms with Crippen LogP contribution in [0, 0.1) is 20.8 Å². The molecule has 1 unspecified atom stereocenters. The third kappa shape index (κ3) is 4.60. The Morgan fingerprint density at radius 1 is 1.12 bits per heavy atom. The fourth-order valence-electron chi connectivity index (χ4n) is 4.05. The number of ether oxygens (including phenoxy) is 2. The molecule has 3 aromatic rings. The van der Waals surface area contributed by atoms with Gasteiger partial charge in [0.15, 0.2) is 10.9 Å². The van der Waals surface area contributed by atoms with E-state index in [1.54, 1.807) is 13.8 Å². The average molecular weight is 484 g/mol. The number of aryl methyl sites for hydroxylation is 2. The Kier molecular flexibility index (Phi) is 7.08. The molecule has 180 valence electrons. The molecule has 0 amide bonds. The first-order valence-corrected chi connectivity index (χ1v) is 12.0. The molecule has 0 bridgehead atoms. The van der Waals surface area contributed by atoms with E-state index in [-0.39, 0.29) is 5.78 Å². The van der Waals surface area contributed by atoms with E-state index in [1.165, 1.54) is 18.9 Å². The number of ketones is 1. The van der Waals surface area contributed by atoms with Crippen molar-refractivity contribution in [3.63, 3.8) is 0 Å². The van der Waals surface area contributed by atoms with Crippen LogP contribution in [0.25, 0.3) is 5.69 Å². The first-order chi connectivity index (χ1) is 16.3. The molecule has 1 atom stereocenters. The molecule has 1 N–H and O–H groups in total. The number of rotatable bonds is 7. The highest BCUT2D eigenvalue weighted by Gasteiger charge is 2.29. The Morgan fingerprint density at radius 2 is 1.79 bits per heavy atom. The zero-order chi connectivity index (χ0) is 24.4. The van der Waals surface area contributed by atoms with Crippen LogP contribution in [0.15, 0.2) is 29.4 Å². The molecule has 0 radical (unpaired) electrons. The number of hydrogen-bond donors (Lipinski definition) is 1. The van der Waals surface area contributed by atoms with Crippen molar-refractivity contribution in [1.82, 2.24) is 19.7 Å². The zero-order valence-corrected chi connectivity index (χ0v) is 20.9. The maximum atomic E-state index is 13.4. The van der Waals surface area contributed by atoms with Crippen molar-refractivity contribution in [2.75, 3.05) is 38.3 Å². The third-order valence-electron chi connectivity index (χ3n) is 5.93. The number of H-pyrrole nitrogens is 1. The minimum Gasteiger partial charge on any atom is -0.465 e. The Balaban J connectivity index is 1.66. The number of thioether (sulfide) groups is 1. The van der Waals surface area contributed by atoms with Crippen molar-refractivity contribution < 1.29 is 19.1 Å². The van der Waals surface area contributed by atoms with E-state index < -0.39 is 11.2 Å². The fraction of sp³-hybridized carbons (Fsp3) is 0.417. The molecule has 0 aliphatic carbocycles. The van der Waals surface area contributed by atoms with Gasteiger partial charge in [-0.2, -0.15) is 0 Å². The summed E-state index contributed by atoms with van der Waals surface area (Å²) in [4.78, 5) is 30.7. The van der Waals surface area contributed by atoms with E-state index in [9.17, 15) is 9.59 Å². The summed E-state index contributed by atoms with van der Waals surface area (Å²) < 4.78 is 12.4. The first-order valence-electron chi connectivity index (χ1n) is 11.1. The van der Waals surface area contributed by atoms with Gasteiger partial charge in [0.2, 0.25) is 5.95 Å². The second-order valence-corrected chi connectivity index (χ2v) is 9.60. The summed E-state index contributed by atoms with van der Waals surface area (Å²) >= 11 is 1.34. The summed E-state index contributed by atoms with van der Waals surface area (Å²) in [6, 6.07) is 8.14. The van der Waals surface area contributed by atoms with Crippen LogP contribution < -0.4 is 4.90 Å². The molecule has 0 saturated carbocycles. The number of Topliss-reactive ketones (excluding diaryl/α,β-unsaturated/α-hetero) is 1. The topological polar surface area (TPSA) is 102 Å². The van der Waals surface area contributed by atoms with Gasteiger partial charge in [0.25, 0.3) is 0 Å². The molecule has 10 heteroatoms. The highest BCUT2D eigenvalue weighted by atomic mass is 32.2. The quantitative estimate of drug-likeness (QED) is 0.309. The van der Waals surface area contributed by atoms with Crippen LogP contribution >= 0.6 is 11.8 Å². The normalized spacial score (nSPS) is 14.8. The maximum absolute atomic E-state index is 13.4. The number of methoxy groups -OCH3 is 1. The second kappa shape index (κ2) is 10.0. The highest BCUT2D eigenvalue weighted by molar-refractivity contribution is 8.00. The van der Waals surface area contributed by atoms with Crippen LogP contribution in [0.2, 0.25) is 0 Å². The lowest BCUT2D eigenvalue weighted by Crippen LogP contribution is -2.37. The summed E-state index contributed by atoms with van der Waals surface area (Å²) in [5, 5.41) is 9.09. The van der Waals surface area contributed by atoms with Crippen molar-refractivity contribution in [1.29, 1.82) is 0 Å². The summed E-state index contributed by atoms with van der Waals surface area (Å²) in [5.74, 6) is 0.154. The molecule has 0 spiro atoms. The van der Waals surface area contributed by atoms with E-state index in [0.717, 1.165) is 30.3 Å². The lowest BCUT2D eigenvalue weighted by Gasteiger charge is -2.28. The van der Waals surface area contributed by atoms with E-state index in [0.29, 0.717) is 40.9 Å². The van der Waals surface area contributed by atoms with Crippen LogP contribution in [0.3, 0.4) is 0 Å². The first kappa shape index (κ1) is 24.0. The largest absolute Gasteiger partial charge is 0.465 e. The van der Waals surface area contributed by atoms with Gasteiger partial charge in [-0.25, -0.2) is 4.79 Å². The highest BCUT2D eigenvalue weighted by Crippen LogP contribution is 2.32. The Morgan fingerprint density at radius 3 is 2.44 bits per heavy atom. The van der Waals surface area contributed by atoms with Gasteiger partial charge in [-0.3, -0.25) is 9.36 Å². The number of morpholine rings is 1. The SMILES string of the molecule is COC(=O)c1c(C)[nH]c(C(=O)C(C)Sc2nnc(N3CCOCC3)n2-c2ccc(C)cc2)c1C. The zero-order valence-electron chi connectivity index (χ0n) is 20.0. The summed E-state index contributed by atoms with van der Waals surface area (Å²) in [5.41, 5.74) is 4.10. The number of benzene rings is 1. The fourth-order valence-corrected chi connectivity index (χ4v) is 4.97. The number of nitrogens with zero attached hydrogens (tertiary/aromatic N) is 4. The molecular formula is C24H29N5O4S. The number of carbonyl (C=O) groups is 2. The molecule has 9 nitrogen and oxygen atoms in total. The number of aromatic amines is 1. The van der Waals surface area contributed by atoms with Crippen LogP contribution in [0.4, 0.5) is 5.95 Å². The van der Waals surface area contributed by atoms with E-state index in [2.05, 4.69) is 20.1 Å². The van der Waals surface area contributed by atoms with E-state index in [1.807, 2.05) is 42.7 Å². The minimum absolute atomic E-state index is 0.118. The van der Waals surface area contributed by atoms with E-state index in [4.69, 9.17) is 9.47 Å². The summed E-state index contributed by atoms with van der Waals surface area (Å²) in [6.07, 6.45) is 0. The second-order valence-electron chi connectivity index (χ2n) is 8.29. The standard InChI is InChI=1S/C24H29N5O4S/c1-14-6-8-18(9-7-14)29-23(28-10-12-33-13-11-28)26-27-24(29)34-17(4)21(30)20-15(2)19(16(3)25-20)22(31)32-5/h6-9,17,25H,10-13H2,1-5H3. The summed E-state index contributed by atoms with van der Waals surface area (Å²) in [6.45, 7) is 10.1. The van der Waals surface area contributed by atoms with Crippen LogP contribution in [0.5, 0.6) is 0 Å². The number of esters is 1. The van der Waals surface area contributed by atoms with Gasteiger partial charge in [0.05, 0.1) is 42.5 Å². The van der Waals surface area contributed by atoms with Crippen molar-refractivity contribution in [2.24, 2.45) is 0 Å². The van der Waals surface area contributed by atoms with Gasteiger partial charge in [0, 0.05) is 18.8 Å². The lowest BCUT2D eigenvalue weighted by molar-refractivity contribution is 0.0599.